The van der Waals surface area contributed by atoms with Gasteiger partial charge in [-0.05, 0) is 71.5 Å². The van der Waals surface area contributed by atoms with Crippen LogP contribution in [-0.2, 0) is 6.54 Å². The molecule has 3 aromatic carbocycles. The first kappa shape index (κ1) is 18.6. The summed E-state index contributed by atoms with van der Waals surface area (Å²) < 4.78 is 27.0. The highest BCUT2D eigenvalue weighted by atomic mass is 19.1. The number of piperidine rings is 1. The average Bonchev–Trinajstić information content (AvgIpc) is 2.72. The zero-order valence-electron chi connectivity index (χ0n) is 15.7. The Morgan fingerprint density at radius 1 is 0.750 bits per heavy atom. The van der Waals surface area contributed by atoms with Crippen LogP contribution in [0.5, 0.6) is 0 Å². The Balaban J connectivity index is 1.70. The van der Waals surface area contributed by atoms with Crippen molar-refractivity contribution in [1.82, 2.24) is 4.90 Å². The zero-order valence-corrected chi connectivity index (χ0v) is 15.7. The average molecular weight is 375 g/mol. The molecular weight excluding hydrogens is 352 g/mol. The van der Waals surface area contributed by atoms with Gasteiger partial charge in [-0.25, -0.2) is 8.78 Å². The van der Waals surface area contributed by atoms with Crippen molar-refractivity contribution in [1.29, 1.82) is 0 Å². The molecule has 1 fully saturated rings. The molecule has 1 aliphatic heterocycles. The van der Waals surface area contributed by atoms with E-state index in [1.807, 2.05) is 30.3 Å². The fourth-order valence-corrected chi connectivity index (χ4v) is 3.93. The third-order valence-corrected chi connectivity index (χ3v) is 5.24. The number of nitrogens with zero attached hydrogens (tertiary/aromatic N) is 1. The van der Waals surface area contributed by atoms with Gasteiger partial charge in [-0.2, -0.15) is 0 Å². The van der Waals surface area contributed by atoms with Crippen molar-refractivity contribution in [2.45, 2.75) is 19.4 Å². The maximum atomic E-state index is 13.5. The normalized spacial score (nSPS) is 14.9. The molecule has 1 saturated heterocycles. The minimum absolute atomic E-state index is 0.249. The third-order valence-electron chi connectivity index (χ3n) is 5.24. The summed E-state index contributed by atoms with van der Waals surface area (Å²) >= 11 is 0. The molecule has 142 valence electrons. The molecule has 0 atom stereocenters. The molecule has 28 heavy (non-hydrogen) atoms. The van der Waals surface area contributed by atoms with Crippen LogP contribution in [-0.4, -0.2) is 18.0 Å². The van der Waals surface area contributed by atoms with Crippen LogP contribution in [0.2, 0.25) is 0 Å². The third kappa shape index (κ3) is 4.37. The van der Waals surface area contributed by atoms with Gasteiger partial charge in [0.2, 0.25) is 0 Å². The first-order valence-corrected chi connectivity index (χ1v) is 9.69. The number of likely N-dealkylation sites (tertiary alicyclic amines) is 1. The van der Waals surface area contributed by atoms with Gasteiger partial charge >= 0.3 is 0 Å². The number of rotatable bonds is 4. The van der Waals surface area contributed by atoms with Crippen LogP contribution in [0.3, 0.4) is 0 Å². The summed E-state index contributed by atoms with van der Waals surface area (Å²) in [5, 5.41) is 0. The highest BCUT2D eigenvalue weighted by Gasteiger charge is 2.20. The maximum absolute atomic E-state index is 13.5. The SMILES string of the molecule is Fc1ccc(C(=C2CCCN(Cc3ccccc3)C2)c2ccc(F)cc2)cc1. The van der Waals surface area contributed by atoms with E-state index in [0.29, 0.717) is 0 Å². The topological polar surface area (TPSA) is 3.24 Å². The van der Waals surface area contributed by atoms with Gasteiger partial charge in [0, 0.05) is 13.1 Å². The lowest BCUT2D eigenvalue weighted by molar-refractivity contribution is 0.258. The van der Waals surface area contributed by atoms with Crippen molar-refractivity contribution in [3.63, 3.8) is 0 Å². The number of hydrogen-bond donors (Lipinski definition) is 0. The standard InChI is InChI=1S/C25H23F2N/c26-23-12-8-20(9-13-23)25(21-10-14-24(27)15-11-21)22-7-4-16-28(18-22)17-19-5-2-1-3-6-19/h1-3,5-6,8-15H,4,7,16-18H2. The van der Waals surface area contributed by atoms with Crippen LogP contribution >= 0.6 is 0 Å². The molecule has 1 aliphatic rings. The Labute approximate surface area is 164 Å². The van der Waals surface area contributed by atoms with Gasteiger partial charge in [0.25, 0.3) is 0 Å². The predicted octanol–water partition coefficient (Wildman–Crippen LogP) is 6.06. The Hall–Kier alpha value is -2.78. The lowest BCUT2D eigenvalue weighted by atomic mass is 9.89. The minimum atomic E-state index is -0.249. The van der Waals surface area contributed by atoms with Crippen LogP contribution in [0.15, 0.2) is 84.4 Å². The van der Waals surface area contributed by atoms with E-state index in [-0.39, 0.29) is 11.6 Å². The van der Waals surface area contributed by atoms with Crippen LogP contribution in [0.25, 0.3) is 5.57 Å². The van der Waals surface area contributed by atoms with Crippen molar-refractivity contribution >= 4 is 5.57 Å². The fourth-order valence-electron chi connectivity index (χ4n) is 3.93. The van der Waals surface area contributed by atoms with Crippen LogP contribution in [0, 0.1) is 11.6 Å². The van der Waals surface area contributed by atoms with E-state index in [1.165, 1.54) is 35.4 Å². The van der Waals surface area contributed by atoms with E-state index in [2.05, 4.69) is 29.2 Å². The molecule has 0 aromatic heterocycles. The van der Waals surface area contributed by atoms with Gasteiger partial charge in [-0.1, -0.05) is 54.6 Å². The summed E-state index contributed by atoms with van der Waals surface area (Å²) in [7, 11) is 0. The summed E-state index contributed by atoms with van der Waals surface area (Å²) in [4.78, 5) is 2.45. The Kier molecular flexibility index (Phi) is 5.63. The first-order valence-electron chi connectivity index (χ1n) is 9.69. The number of hydrogen-bond acceptors (Lipinski definition) is 1. The van der Waals surface area contributed by atoms with Crippen molar-refractivity contribution in [3.8, 4) is 0 Å². The van der Waals surface area contributed by atoms with Gasteiger partial charge < -0.3 is 0 Å². The Morgan fingerprint density at radius 2 is 1.32 bits per heavy atom. The van der Waals surface area contributed by atoms with E-state index >= 15 is 0 Å². The summed E-state index contributed by atoms with van der Waals surface area (Å²) in [6.45, 7) is 2.82. The molecule has 0 N–H and O–H groups in total. The quantitative estimate of drug-likeness (QED) is 0.535. The van der Waals surface area contributed by atoms with E-state index < -0.39 is 0 Å². The van der Waals surface area contributed by atoms with Gasteiger partial charge in [0.1, 0.15) is 11.6 Å². The fraction of sp³-hybridized carbons (Fsp3) is 0.200. The van der Waals surface area contributed by atoms with Gasteiger partial charge in [-0.15, -0.1) is 0 Å². The number of benzene rings is 3. The molecule has 4 rings (SSSR count). The van der Waals surface area contributed by atoms with Crippen LogP contribution in [0.4, 0.5) is 8.78 Å². The summed E-state index contributed by atoms with van der Waals surface area (Å²) in [6.07, 6.45) is 2.07. The second kappa shape index (κ2) is 8.49. The Bertz CT molecular complexity index is 897. The molecule has 0 radical (unpaired) electrons. The van der Waals surface area contributed by atoms with Crippen LogP contribution in [0.1, 0.15) is 29.5 Å². The van der Waals surface area contributed by atoms with E-state index in [4.69, 9.17) is 0 Å². The van der Waals surface area contributed by atoms with E-state index in [0.717, 1.165) is 49.2 Å². The molecule has 1 nitrogen and oxygen atoms in total. The summed E-state index contributed by atoms with van der Waals surface area (Å²) in [6, 6.07) is 23.7. The number of halogens is 2. The highest BCUT2D eigenvalue weighted by Crippen LogP contribution is 2.32. The molecule has 3 heteroatoms. The van der Waals surface area contributed by atoms with Crippen LogP contribution < -0.4 is 0 Å². The lowest BCUT2D eigenvalue weighted by Gasteiger charge is -2.31. The smallest absolute Gasteiger partial charge is 0.123 e. The zero-order chi connectivity index (χ0) is 19.3. The molecule has 0 bridgehead atoms. The van der Waals surface area contributed by atoms with Crippen molar-refractivity contribution in [3.05, 3.63) is 113 Å². The Morgan fingerprint density at radius 3 is 1.89 bits per heavy atom. The predicted molar refractivity (Wildman–Crippen MR) is 110 cm³/mol. The molecule has 0 unspecified atom stereocenters. The van der Waals surface area contributed by atoms with Gasteiger partial charge in [0.15, 0.2) is 0 Å². The van der Waals surface area contributed by atoms with Crippen molar-refractivity contribution in [2.75, 3.05) is 13.1 Å². The van der Waals surface area contributed by atoms with Crippen molar-refractivity contribution < 1.29 is 8.78 Å². The molecule has 0 spiro atoms. The molecule has 3 aromatic rings. The molecule has 0 amide bonds. The molecule has 0 saturated carbocycles. The maximum Gasteiger partial charge on any atom is 0.123 e. The second-order valence-electron chi connectivity index (χ2n) is 7.29. The van der Waals surface area contributed by atoms with Gasteiger partial charge in [0.05, 0.1) is 0 Å². The minimum Gasteiger partial charge on any atom is -0.295 e. The summed E-state index contributed by atoms with van der Waals surface area (Å²) in [5.41, 5.74) is 5.67. The second-order valence-corrected chi connectivity index (χ2v) is 7.29. The van der Waals surface area contributed by atoms with Crippen molar-refractivity contribution in [2.24, 2.45) is 0 Å². The molecule has 1 heterocycles. The first-order chi connectivity index (χ1) is 13.7. The largest absolute Gasteiger partial charge is 0.295 e. The lowest BCUT2D eigenvalue weighted by Crippen LogP contribution is -2.31. The van der Waals surface area contributed by atoms with Gasteiger partial charge in [-0.3, -0.25) is 4.90 Å². The van der Waals surface area contributed by atoms with E-state index in [1.54, 1.807) is 0 Å². The molecule has 0 aliphatic carbocycles. The highest BCUT2D eigenvalue weighted by molar-refractivity contribution is 5.82. The monoisotopic (exact) mass is 375 g/mol. The summed E-state index contributed by atoms with van der Waals surface area (Å²) in [5.74, 6) is -0.497. The molecular formula is C25H23F2N. The van der Waals surface area contributed by atoms with E-state index in [9.17, 15) is 8.78 Å².